The maximum Gasteiger partial charge on any atom is 0.424 e. The van der Waals surface area contributed by atoms with E-state index < -0.39 is 17.4 Å². The van der Waals surface area contributed by atoms with Crippen molar-refractivity contribution in [2.45, 2.75) is 38.1 Å². The molecule has 8 heteroatoms. The van der Waals surface area contributed by atoms with Gasteiger partial charge in [0.25, 0.3) is 0 Å². The Labute approximate surface area is 194 Å². The van der Waals surface area contributed by atoms with Gasteiger partial charge < -0.3 is 9.15 Å². The summed E-state index contributed by atoms with van der Waals surface area (Å²) in [4.78, 5) is 27.6. The van der Waals surface area contributed by atoms with Crippen LogP contribution in [0.4, 0.5) is 10.5 Å². The zero-order valence-corrected chi connectivity index (χ0v) is 19.0. The average Bonchev–Trinajstić information content (AvgIpc) is 3.25. The van der Waals surface area contributed by atoms with Gasteiger partial charge in [-0.1, -0.05) is 42.3 Å². The SMILES string of the molecule is C/C=C1\OC(=O)N(c2cccc(Cl)c2)[C@]12CCc1c(oc(=O)n1-c1cccc(Cl)c1)[C@H]2C. The zero-order chi connectivity index (χ0) is 22.6. The number of fused-ring (bicyclic) bond motifs is 1. The molecular weight excluding hydrogens is 451 g/mol. The van der Waals surface area contributed by atoms with E-state index in [4.69, 9.17) is 32.4 Å². The van der Waals surface area contributed by atoms with Gasteiger partial charge in [0, 0.05) is 21.7 Å². The molecule has 0 saturated carbocycles. The first kappa shape index (κ1) is 20.9. The van der Waals surface area contributed by atoms with Crippen LogP contribution in [-0.4, -0.2) is 16.2 Å². The molecule has 164 valence electrons. The number of ether oxygens (including phenoxy) is 1. The number of amides is 1. The molecule has 0 unspecified atom stereocenters. The second-order valence-electron chi connectivity index (χ2n) is 7.98. The third-order valence-electron chi connectivity index (χ3n) is 6.39. The highest BCUT2D eigenvalue weighted by Gasteiger charge is 2.59. The lowest BCUT2D eigenvalue weighted by Gasteiger charge is -2.42. The van der Waals surface area contributed by atoms with Crippen LogP contribution in [0.5, 0.6) is 0 Å². The van der Waals surface area contributed by atoms with Crippen molar-refractivity contribution >= 4 is 35.0 Å². The molecule has 2 aliphatic rings. The molecule has 1 aromatic heterocycles. The Hall–Kier alpha value is -2.96. The van der Waals surface area contributed by atoms with Gasteiger partial charge in [-0.25, -0.2) is 14.2 Å². The minimum atomic E-state index is -0.833. The highest BCUT2D eigenvalue weighted by molar-refractivity contribution is 6.31. The smallest absolute Gasteiger partial charge is 0.412 e. The molecule has 2 aromatic carbocycles. The molecule has 2 heterocycles. The fourth-order valence-corrected chi connectivity index (χ4v) is 5.38. The predicted molar refractivity (Wildman–Crippen MR) is 123 cm³/mol. The summed E-state index contributed by atoms with van der Waals surface area (Å²) in [7, 11) is 0. The van der Waals surface area contributed by atoms with Gasteiger partial charge in [-0.2, -0.15) is 0 Å². The standard InChI is InChI=1S/C24H20Cl2N2O4/c1-3-20-24(28(23(30)31-20)18-9-5-7-16(26)13-18)11-10-19-21(14(24)2)32-22(29)27(19)17-8-4-6-15(25)12-17/h3-9,12-14H,10-11H2,1-2H3/b20-3-/t14-,24+/m1/s1. The van der Waals surface area contributed by atoms with Gasteiger partial charge in [0.2, 0.25) is 0 Å². The highest BCUT2D eigenvalue weighted by atomic mass is 35.5. The van der Waals surface area contributed by atoms with Crippen molar-refractivity contribution in [2.24, 2.45) is 0 Å². The lowest BCUT2D eigenvalue weighted by atomic mass is 9.72. The van der Waals surface area contributed by atoms with Gasteiger partial charge >= 0.3 is 11.8 Å². The van der Waals surface area contributed by atoms with Crippen LogP contribution in [-0.2, 0) is 11.2 Å². The van der Waals surface area contributed by atoms with E-state index in [2.05, 4.69) is 0 Å². The van der Waals surface area contributed by atoms with Gasteiger partial charge in [0.1, 0.15) is 17.1 Å². The van der Waals surface area contributed by atoms with E-state index in [9.17, 15) is 9.59 Å². The number of aromatic nitrogens is 1. The largest absolute Gasteiger partial charge is 0.424 e. The van der Waals surface area contributed by atoms with Crippen LogP contribution in [0.3, 0.4) is 0 Å². The Bertz CT molecular complexity index is 1330. The minimum absolute atomic E-state index is 0.351. The summed E-state index contributed by atoms with van der Waals surface area (Å²) < 4.78 is 13.0. The van der Waals surface area contributed by atoms with Crippen molar-refractivity contribution in [3.05, 3.63) is 92.4 Å². The first-order chi connectivity index (χ1) is 15.4. The third-order valence-corrected chi connectivity index (χ3v) is 6.86. The summed E-state index contributed by atoms with van der Waals surface area (Å²) >= 11 is 12.4. The molecule has 32 heavy (non-hydrogen) atoms. The van der Waals surface area contributed by atoms with Gasteiger partial charge in [0.05, 0.1) is 11.4 Å². The number of nitrogens with zero attached hydrogens (tertiary/aromatic N) is 2. The summed E-state index contributed by atoms with van der Waals surface area (Å²) in [5.41, 5.74) is 1.22. The Balaban J connectivity index is 1.68. The molecule has 5 rings (SSSR count). The number of anilines is 1. The number of hydrogen-bond donors (Lipinski definition) is 0. The first-order valence-corrected chi connectivity index (χ1v) is 11.1. The monoisotopic (exact) mass is 470 g/mol. The highest BCUT2D eigenvalue weighted by Crippen LogP contribution is 2.52. The number of oxazole rings is 1. The number of hydrogen-bond acceptors (Lipinski definition) is 4. The van der Waals surface area contributed by atoms with E-state index in [0.717, 1.165) is 5.69 Å². The molecule has 6 nitrogen and oxygen atoms in total. The van der Waals surface area contributed by atoms with E-state index in [1.165, 1.54) is 0 Å². The third kappa shape index (κ3) is 2.93. The number of halogens is 2. The molecule has 0 N–H and O–H groups in total. The van der Waals surface area contributed by atoms with E-state index in [1.807, 2.05) is 26.0 Å². The Morgan fingerprint density at radius 1 is 1.06 bits per heavy atom. The lowest BCUT2D eigenvalue weighted by Crippen LogP contribution is -2.52. The summed E-state index contributed by atoms with van der Waals surface area (Å²) in [6, 6.07) is 14.2. The summed E-state index contributed by atoms with van der Waals surface area (Å²) in [6.45, 7) is 3.79. The van der Waals surface area contributed by atoms with Gasteiger partial charge in [-0.15, -0.1) is 0 Å². The number of cyclic esters (lactones) is 1. The van der Waals surface area contributed by atoms with Crippen molar-refractivity contribution in [3.63, 3.8) is 0 Å². The molecule has 3 aromatic rings. The first-order valence-electron chi connectivity index (χ1n) is 10.3. The molecule has 1 fully saturated rings. The van der Waals surface area contributed by atoms with E-state index in [0.29, 0.717) is 45.8 Å². The predicted octanol–water partition coefficient (Wildman–Crippen LogP) is 6.09. The summed E-state index contributed by atoms with van der Waals surface area (Å²) in [5.74, 6) is 0.239. The number of carbonyl (C=O) groups excluding carboxylic acids is 1. The van der Waals surface area contributed by atoms with Crippen LogP contribution in [0.2, 0.25) is 10.0 Å². The van der Waals surface area contributed by atoms with Gasteiger partial charge in [-0.3, -0.25) is 4.90 Å². The second-order valence-corrected chi connectivity index (χ2v) is 8.85. The number of benzene rings is 2. The van der Waals surface area contributed by atoms with Crippen LogP contribution in [0, 0.1) is 0 Å². The van der Waals surface area contributed by atoms with Crippen molar-refractivity contribution in [1.29, 1.82) is 0 Å². The maximum absolute atomic E-state index is 13.0. The van der Waals surface area contributed by atoms with E-state index >= 15 is 0 Å². The molecule has 2 atom stereocenters. The quantitative estimate of drug-likeness (QED) is 0.454. The van der Waals surface area contributed by atoms with Crippen molar-refractivity contribution < 1.29 is 13.9 Å². The molecule has 1 spiro atoms. The molecule has 1 amide bonds. The number of rotatable bonds is 2. The van der Waals surface area contributed by atoms with Crippen LogP contribution in [0.15, 0.2) is 69.6 Å². The minimum Gasteiger partial charge on any atom is -0.412 e. The van der Waals surface area contributed by atoms with E-state index in [-0.39, 0.29) is 5.92 Å². The fraction of sp³-hybridized carbons (Fsp3) is 0.250. The van der Waals surface area contributed by atoms with Crippen molar-refractivity contribution in [1.82, 2.24) is 4.57 Å². The Morgan fingerprint density at radius 3 is 2.38 bits per heavy atom. The van der Waals surface area contributed by atoms with Gasteiger partial charge in [0.15, 0.2) is 0 Å². The van der Waals surface area contributed by atoms with Crippen LogP contribution >= 0.6 is 23.2 Å². The zero-order valence-electron chi connectivity index (χ0n) is 17.5. The number of allylic oxidation sites excluding steroid dienone is 1. The molecule has 1 saturated heterocycles. The normalized spacial score (nSPS) is 23.6. The van der Waals surface area contributed by atoms with Crippen molar-refractivity contribution in [3.8, 4) is 5.69 Å². The van der Waals surface area contributed by atoms with Gasteiger partial charge in [-0.05, 0) is 62.2 Å². The average molecular weight is 471 g/mol. The lowest BCUT2D eigenvalue weighted by molar-refractivity contribution is 0.196. The molecule has 1 aliphatic heterocycles. The molecule has 1 aliphatic carbocycles. The van der Waals surface area contributed by atoms with Crippen LogP contribution in [0.1, 0.15) is 37.6 Å². The van der Waals surface area contributed by atoms with E-state index in [1.54, 1.807) is 51.9 Å². The number of carbonyl (C=O) groups is 1. The topological polar surface area (TPSA) is 64.7 Å². The maximum atomic E-state index is 13.0. The van der Waals surface area contributed by atoms with Crippen LogP contribution < -0.4 is 10.7 Å². The summed E-state index contributed by atoms with van der Waals surface area (Å²) in [5, 5.41) is 1.05. The second kappa shape index (κ2) is 7.57. The Morgan fingerprint density at radius 2 is 1.72 bits per heavy atom. The summed E-state index contributed by atoms with van der Waals surface area (Å²) in [6.07, 6.45) is 2.37. The van der Waals surface area contributed by atoms with Crippen molar-refractivity contribution in [2.75, 3.05) is 4.90 Å². The molecule has 0 bridgehead atoms. The fourth-order valence-electron chi connectivity index (χ4n) is 5.01. The molecular formula is C24H20Cl2N2O4. The van der Waals surface area contributed by atoms with Crippen LogP contribution in [0.25, 0.3) is 5.69 Å². The molecule has 0 radical (unpaired) electrons. The Kier molecular flexibility index (Phi) is 4.95.